The highest BCUT2D eigenvalue weighted by Gasteiger charge is 2.07. The lowest BCUT2D eigenvalue weighted by atomic mass is 10.1. The van der Waals surface area contributed by atoms with E-state index in [1.54, 1.807) is 6.26 Å². The maximum atomic E-state index is 5.78. The average Bonchev–Trinajstić information content (AvgIpc) is 3.04. The maximum Gasteiger partial charge on any atom is 0.142 e. The molecule has 0 spiro atoms. The first-order valence-electron chi connectivity index (χ1n) is 5.78. The molecule has 0 saturated carbocycles. The first-order valence-corrected chi connectivity index (χ1v) is 5.78. The minimum atomic E-state index is 0.784. The third-order valence-electron chi connectivity index (χ3n) is 3.09. The van der Waals surface area contributed by atoms with Crippen molar-refractivity contribution in [2.75, 3.05) is 0 Å². The average molecular weight is 233 g/mol. The second kappa shape index (κ2) is 3.50. The third-order valence-corrected chi connectivity index (χ3v) is 3.09. The van der Waals surface area contributed by atoms with Crippen LogP contribution in [0.2, 0.25) is 0 Å². The van der Waals surface area contributed by atoms with Gasteiger partial charge in [-0.3, -0.25) is 0 Å². The molecule has 4 rings (SSSR count). The van der Waals surface area contributed by atoms with Gasteiger partial charge < -0.3 is 8.83 Å². The van der Waals surface area contributed by atoms with E-state index in [1.165, 1.54) is 0 Å². The number of benzene rings is 2. The fourth-order valence-corrected chi connectivity index (χ4v) is 2.17. The summed E-state index contributed by atoms with van der Waals surface area (Å²) in [6.45, 7) is 0. The predicted octanol–water partition coefficient (Wildman–Crippen LogP) is 4.65. The lowest BCUT2D eigenvalue weighted by molar-refractivity contribution is 0.614. The van der Waals surface area contributed by atoms with Crippen molar-refractivity contribution >= 4 is 21.9 Å². The van der Waals surface area contributed by atoms with E-state index in [4.69, 9.17) is 8.83 Å². The lowest BCUT2D eigenvalue weighted by Gasteiger charge is -1.95. The van der Waals surface area contributed by atoms with E-state index in [-0.39, 0.29) is 0 Å². The van der Waals surface area contributed by atoms with Crippen LogP contribution in [0.4, 0.5) is 0 Å². The van der Waals surface area contributed by atoms with Gasteiger partial charge in [0.25, 0.3) is 0 Å². The molecule has 0 aliphatic heterocycles. The largest absolute Gasteiger partial charge is 0.464 e. The summed E-state index contributed by atoms with van der Waals surface area (Å²) >= 11 is 0. The topological polar surface area (TPSA) is 26.3 Å². The van der Waals surface area contributed by atoms with Crippen LogP contribution >= 0.6 is 0 Å². The molecule has 0 amide bonds. The summed E-state index contributed by atoms with van der Waals surface area (Å²) in [5, 5.41) is 2.16. The summed E-state index contributed by atoms with van der Waals surface area (Å²) in [6, 6.07) is 18.9. The first kappa shape index (κ1) is 9.54. The molecule has 0 aliphatic carbocycles. The molecule has 4 aromatic rings. The van der Waals surface area contributed by atoms with Crippen molar-refractivity contribution in [3.05, 3.63) is 60.9 Å². The van der Waals surface area contributed by atoms with Gasteiger partial charge in [0.15, 0.2) is 0 Å². The van der Waals surface area contributed by atoms with Crippen molar-refractivity contribution in [3.63, 3.8) is 0 Å². The van der Waals surface area contributed by atoms with Crippen LogP contribution in [-0.4, -0.2) is 0 Å². The van der Waals surface area contributed by atoms with Crippen LogP contribution in [0.15, 0.2) is 63.6 Å². The number of fused-ring (bicyclic) bond motifs is 2. The monoisotopic (exact) mass is 233 g/mol. The number of rotatable bonds is 1. The fourth-order valence-electron chi connectivity index (χ4n) is 2.17. The number of hydrogen-bond acceptors (Lipinski definition) is 2. The van der Waals surface area contributed by atoms with E-state index in [2.05, 4.69) is 6.07 Å². The Bertz CT molecular complexity index is 803. The van der Waals surface area contributed by atoms with E-state index < -0.39 is 0 Å². The normalized spacial score (nSPS) is 11.3. The molecule has 18 heavy (non-hydrogen) atoms. The van der Waals surface area contributed by atoms with Gasteiger partial charge in [0.05, 0.1) is 6.26 Å². The molecule has 0 fully saturated rings. The molecule has 0 saturated heterocycles. The van der Waals surface area contributed by atoms with Gasteiger partial charge in [0.2, 0.25) is 0 Å². The maximum absolute atomic E-state index is 5.78. The Hall–Kier alpha value is -2.48. The van der Waals surface area contributed by atoms with Crippen LogP contribution in [0, 0.1) is 6.07 Å². The van der Waals surface area contributed by atoms with Crippen molar-refractivity contribution in [1.29, 1.82) is 0 Å². The second-order valence-corrected chi connectivity index (χ2v) is 4.24. The van der Waals surface area contributed by atoms with Gasteiger partial charge in [0.1, 0.15) is 16.9 Å². The Morgan fingerprint density at radius 3 is 2.89 bits per heavy atom. The van der Waals surface area contributed by atoms with Crippen LogP contribution < -0.4 is 0 Å². The van der Waals surface area contributed by atoms with Crippen LogP contribution in [0.5, 0.6) is 0 Å². The van der Waals surface area contributed by atoms with Gasteiger partial charge in [-0.05, 0) is 18.2 Å². The molecular weight excluding hydrogens is 224 g/mol. The summed E-state index contributed by atoms with van der Waals surface area (Å²) in [6.07, 6.45) is 1.70. The predicted molar refractivity (Wildman–Crippen MR) is 70.3 cm³/mol. The van der Waals surface area contributed by atoms with E-state index in [0.29, 0.717) is 0 Å². The minimum absolute atomic E-state index is 0.784. The van der Waals surface area contributed by atoms with Crippen molar-refractivity contribution in [3.8, 4) is 11.3 Å². The molecule has 2 heteroatoms. The highest BCUT2D eigenvalue weighted by molar-refractivity contribution is 5.86. The van der Waals surface area contributed by atoms with Crippen LogP contribution in [0.3, 0.4) is 0 Å². The van der Waals surface area contributed by atoms with Gasteiger partial charge in [-0.15, -0.1) is 0 Å². The Kier molecular flexibility index (Phi) is 1.86. The number of hydrogen-bond donors (Lipinski definition) is 0. The molecule has 0 unspecified atom stereocenters. The van der Waals surface area contributed by atoms with Crippen molar-refractivity contribution in [2.45, 2.75) is 0 Å². The molecular formula is C16H9O2. The summed E-state index contributed by atoms with van der Waals surface area (Å²) in [4.78, 5) is 0. The van der Waals surface area contributed by atoms with Gasteiger partial charge in [-0.25, -0.2) is 0 Å². The van der Waals surface area contributed by atoms with Crippen LogP contribution in [0.25, 0.3) is 33.3 Å². The van der Waals surface area contributed by atoms with Crippen LogP contribution in [-0.2, 0) is 0 Å². The Morgan fingerprint density at radius 2 is 1.94 bits per heavy atom. The third kappa shape index (κ3) is 1.36. The summed E-state index contributed by atoms with van der Waals surface area (Å²) in [5.41, 5.74) is 2.67. The highest BCUT2D eigenvalue weighted by atomic mass is 16.3. The zero-order valence-electron chi connectivity index (χ0n) is 9.51. The molecule has 0 N–H and O–H groups in total. The molecule has 2 aromatic carbocycles. The molecule has 2 nitrogen and oxygen atoms in total. The van der Waals surface area contributed by atoms with E-state index in [9.17, 15) is 0 Å². The Morgan fingerprint density at radius 1 is 0.944 bits per heavy atom. The van der Waals surface area contributed by atoms with E-state index in [1.807, 2.05) is 48.5 Å². The van der Waals surface area contributed by atoms with Crippen molar-refractivity contribution in [1.82, 2.24) is 0 Å². The quantitative estimate of drug-likeness (QED) is 0.478. The SMILES string of the molecule is [c]1cccc2cc(-c3ccc4ccoc4c3)oc12. The van der Waals surface area contributed by atoms with Crippen molar-refractivity contribution < 1.29 is 8.83 Å². The molecule has 0 atom stereocenters. The van der Waals surface area contributed by atoms with Gasteiger partial charge in [-0.1, -0.05) is 30.3 Å². The summed E-state index contributed by atoms with van der Waals surface area (Å²) in [7, 11) is 0. The molecule has 85 valence electrons. The zero-order valence-corrected chi connectivity index (χ0v) is 9.51. The van der Waals surface area contributed by atoms with E-state index >= 15 is 0 Å². The summed E-state index contributed by atoms with van der Waals surface area (Å²) < 4.78 is 11.2. The second-order valence-electron chi connectivity index (χ2n) is 4.24. The Balaban J connectivity index is 1.94. The molecule has 0 bridgehead atoms. The van der Waals surface area contributed by atoms with Gasteiger partial charge in [0, 0.05) is 22.4 Å². The fraction of sp³-hybridized carbons (Fsp3) is 0. The van der Waals surface area contributed by atoms with Crippen molar-refractivity contribution in [2.24, 2.45) is 0 Å². The lowest BCUT2D eigenvalue weighted by Crippen LogP contribution is -1.72. The molecule has 0 aliphatic rings. The molecule has 2 heterocycles. The number of furan rings is 2. The molecule has 2 aromatic heterocycles. The zero-order chi connectivity index (χ0) is 11.9. The first-order chi connectivity index (χ1) is 8.90. The Labute approximate surface area is 103 Å². The smallest absolute Gasteiger partial charge is 0.142 e. The summed E-state index contributed by atoms with van der Waals surface area (Å²) in [5.74, 6) is 0.839. The molecule has 1 radical (unpaired) electrons. The van der Waals surface area contributed by atoms with Gasteiger partial charge in [-0.2, -0.15) is 0 Å². The standard InChI is InChI=1S/C16H9O2/c1-2-4-14-12(3-1)10-16(18-14)13-6-5-11-7-8-17-15(11)9-13/h1-3,5-10H. The highest BCUT2D eigenvalue weighted by Crippen LogP contribution is 2.29. The minimum Gasteiger partial charge on any atom is -0.464 e. The van der Waals surface area contributed by atoms with Crippen LogP contribution in [0.1, 0.15) is 0 Å². The number of para-hydroxylation sites is 1. The van der Waals surface area contributed by atoms with Gasteiger partial charge >= 0.3 is 0 Å². The van der Waals surface area contributed by atoms with E-state index in [0.717, 1.165) is 33.3 Å².